The first kappa shape index (κ1) is 17.2. The molecule has 0 spiro atoms. The van der Waals surface area contributed by atoms with Crippen LogP contribution in [0.1, 0.15) is 10.6 Å². The van der Waals surface area contributed by atoms with Gasteiger partial charge in [0, 0.05) is 11.1 Å². The molecule has 0 saturated heterocycles. The lowest BCUT2D eigenvalue weighted by Gasteiger charge is -2.06. The zero-order valence-corrected chi connectivity index (χ0v) is 14.2. The third-order valence-corrected chi connectivity index (χ3v) is 4.09. The highest BCUT2D eigenvalue weighted by Crippen LogP contribution is 2.23. The van der Waals surface area contributed by atoms with Crippen LogP contribution in [0, 0.1) is 10.1 Å². The number of nitrogens with one attached hydrogen (secondary N) is 1. The lowest BCUT2D eigenvalue weighted by Crippen LogP contribution is -2.10. The van der Waals surface area contributed by atoms with Crippen molar-refractivity contribution in [2.24, 2.45) is 0 Å². The Morgan fingerprint density at radius 2 is 1.71 bits per heavy atom. The molecule has 0 saturated carbocycles. The van der Waals surface area contributed by atoms with E-state index in [-0.39, 0.29) is 5.76 Å². The minimum absolute atomic E-state index is 0.175. The summed E-state index contributed by atoms with van der Waals surface area (Å²) in [5.41, 5.74) is 1.52. The Morgan fingerprint density at radius 1 is 0.964 bits per heavy atom. The third-order valence-electron chi connectivity index (χ3n) is 4.09. The molecule has 1 amide bonds. The average Bonchev–Trinajstić information content (AvgIpc) is 3.19. The molecular formula is C20H12N2O6. The molecule has 0 atom stereocenters. The predicted molar refractivity (Wildman–Crippen MR) is 101 cm³/mol. The molecule has 8 nitrogen and oxygen atoms in total. The summed E-state index contributed by atoms with van der Waals surface area (Å²) in [4.78, 5) is 34.2. The summed E-state index contributed by atoms with van der Waals surface area (Å²) < 4.78 is 10.2. The Balaban J connectivity index is 1.57. The predicted octanol–water partition coefficient (Wildman–Crippen LogP) is 4.21. The summed E-state index contributed by atoms with van der Waals surface area (Å²) in [6, 6.07) is 17.8. The van der Waals surface area contributed by atoms with Gasteiger partial charge in [0.05, 0.1) is 11.6 Å². The molecule has 0 aliphatic carbocycles. The van der Waals surface area contributed by atoms with E-state index in [4.69, 9.17) is 8.83 Å². The van der Waals surface area contributed by atoms with Gasteiger partial charge >= 0.3 is 11.5 Å². The third kappa shape index (κ3) is 3.26. The van der Waals surface area contributed by atoms with Crippen LogP contribution in [0.4, 0.5) is 11.6 Å². The maximum atomic E-state index is 12.2. The van der Waals surface area contributed by atoms with Crippen LogP contribution in [-0.4, -0.2) is 10.8 Å². The number of nitro groups is 1. The number of carbonyl (C=O) groups excluding carboxylic acids is 1. The largest absolute Gasteiger partial charge is 0.433 e. The number of anilines is 1. The van der Waals surface area contributed by atoms with E-state index >= 15 is 0 Å². The summed E-state index contributed by atoms with van der Waals surface area (Å²) in [6.45, 7) is 0. The van der Waals surface area contributed by atoms with Gasteiger partial charge in [-0.25, -0.2) is 4.79 Å². The van der Waals surface area contributed by atoms with Gasteiger partial charge in [0.1, 0.15) is 10.5 Å². The highest BCUT2D eigenvalue weighted by molar-refractivity contribution is 6.02. The summed E-state index contributed by atoms with van der Waals surface area (Å²) in [5.74, 6) is -1.31. The second kappa shape index (κ2) is 6.84. The number of hydrogen-bond donors (Lipinski definition) is 1. The molecule has 2 aromatic carbocycles. The van der Waals surface area contributed by atoms with Gasteiger partial charge < -0.3 is 14.2 Å². The van der Waals surface area contributed by atoms with Gasteiger partial charge in [0.25, 0.3) is 5.91 Å². The first-order chi connectivity index (χ1) is 13.5. The number of benzene rings is 2. The Bertz CT molecular complexity index is 1250. The fraction of sp³-hybridized carbons (Fsp3) is 0. The number of para-hydroxylation sites is 1. The minimum Gasteiger partial charge on any atom is -0.422 e. The second-order valence-electron chi connectivity index (χ2n) is 5.91. The van der Waals surface area contributed by atoms with Crippen molar-refractivity contribution in [1.82, 2.24) is 0 Å². The summed E-state index contributed by atoms with van der Waals surface area (Å²) in [7, 11) is 0. The molecule has 28 heavy (non-hydrogen) atoms. The lowest BCUT2D eigenvalue weighted by atomic mass is 10.1. The maximum Gasteiger partial charge on any atom is 0.433 e. The van der Waals surface area contributed by atoms with E-state index in [1.54, 1.807) is 42.5 Å². The van der Waals surface area contributed by atoms with E-state index in [1.807, 2.05) is 12.1 Å². The molecule has 2 aromatic heterocycles. The normalized spacial score (nSPS) is 10.7. The van der Waals surface area contributed by atoms with E-state index in [1.165, 1.54) is 6.07 Å². The van der Waals surface area contributed by atoms with Crippen molar-refractivity contribution in [2.45, 2.75) is 0 Å². The van der Waals surface area contributed by atoms with Crippen LogP contribution in [0.3, 0.4) is 0 Å². The first-order valence-corrected chi connectivity index (χ1v) is 8.20. The minimum atomic E-state index is -0.722. The number of hydrogen-bond acceptors (Lipinski definition) is 6. The zero-order chi connectivity index (χ0) is 19.7. The molecule has 0 aliphatic rings. The van der Waals surface area contributed by atoms with Crippen molar-refractivity contribution in [2.75, 3.05) is 5.32 Å². The van der Waals surface area contributed by atoms with Gasteiger partial charge in [-0.05, 0) is 35.9 Å². The topological polar surface area (TPSA) is 116 Å². The molecule has 0 unspecified atom stereocenters. The Labute approximate surface area is 157 Å². The fourth-order valence-corrected chi connectivity index (χ4v) is 2.74. The van der Waals surface area contributed by atoms with Gasteiger partial charge in [-0.15, -0.1) is 0 Å². The van der Waals surface area contributed by atoms with E-state index in [0.717, 1.165) is 11.5 Å². The molecule has 1 N–H and O–H groups in total. The van der Waals surface area contributed by atoms with Crippen LogP contribution in [0.15, 0.2) is 80.4 Å². The van der Waals surface area contributed by atoms with Crippen LogP contribution in [0.25, 0.3) is 22.1 Å². The quantitative estimate of drug-likeness (QED) is 0.324. The molecule has 0 bridgehead atoms. The molecule has 8 heteroatoms. The van der Waals surface area contributed by atoms with E-state index in [0.29, 0.717) is 22.4 Å². The van der Waals surface area contributed by atoms with Crippen LogP contribution in [0.2, 0.25) is 0 Å². The molecule has 4 aromatic rings. The Hall–Kier alpha value is -4.20. The number of amides is 1. The Kier molecular flexibility index (Phi) is 4.21. The number of furan rings is 1. The second-order valence-corrected chi connectivity index (χ2v) is 5.91. The van der Waals surface area contributed by atoms with Crippen LogP contribution in [-0.2, 0) is 0 Å². The van der Waals surface area contributed by atoms with Crippen LogP contribution in [0.5, 0.6) is 0 Å². The summed E-state index contributed by atoms with van der Waals surface area (Å²) in [5, 5.41) is 14.0. The highest BCUT2D eigenvalue weighted by atomic mass is 16.6. The number of rotatable bonds is 4. The molecule has 2 heterocycles. The monoisotopic (exact) mass is 376 g/mol. The number of nitrogens with zero attached hydrogens (tertiary/aromatic N) is 1. The van der Waals surface area contributed by atoms with E-state index in [2.05, 4.69) is 5.32 Å². The summed E-state index contributed by atoms with van der Waals surface area (Å²) >= 11 is 0. The molecule has 138 valence electrons. The van der Waals surface area contributed by atoms with Crippen molar-refractivity contribution < 1.29 is 18.6 Å². The molecule has 0 radical (unpaired) electrons. The van der Waals surface area contributed by atoms with Gasteiger partial charge in [0.15, 0.2) is 5.76 Å². The number of fused-ring (bicyclic) bond motifs is 1. The van der Waals surface area contributed by atoms with E-state index < -0.39 is 22.3 Å². The highest BCUT2D eigenvalue weighted by Gasteiger charge is 2.17. The molecule has 0 fully saturated rings. The van der Waals surface area contributed by atoms with Gasteiger partial charge in [0.2, 0.25) is 0 Å². The maximum absolute atomic E-state index is 12.2. The van der Waals surface area contributed by atoms with Gasteiger partial charge in [-0.2, -0.15) is 0 Å². The van der Waals surface area contributed by atoms with E-state index in [9.17, 15) is 19.7 Å². The Morgan fingerprint density at radius 3 is 2.43 bits per heavy atom. The molecule has 4 rings (SSSR count). The van der Waals surface area contributed by atoms with Gasteiger partial charge in [-0.3, -0.25) is 14.9 Å². The van der Waals surface area contributed by atoms with Crippen LogP contribution < -0.4 is 10.9 Å². The molecule has 0 aliphatic heterocycles. The van der Waals surface area contributed by atoms with Crippen molar-refractivity contribution in [3.05, 3.63) is 93.0 Å². The summed E-state index contributed by atoms with van der Waals surface area (Å²) in [6.07, 6.45) is 0. The lowest BCUT2D eigenvalue weighted by molar-refractivity contribution is -0.402. The van der Waals surface area contributed by atoms with Crippen molar-refractivity contribution in [3.8, 4) is 11.1 Å². The SMILES string of the molecule is O=C(Nc1ccc(-c2cc3ccccc3oc2=O)cc1)c1ccc([N+](=O)[O-])o1. The van der Waals surface area contributed by atoms with Gasteiger partial charge in [-0.1, -0.05) is 30.3 Å². The van der Waals surface area contributed by atoms with Crippen LogP contribution >= 0.6 is 0 Å². The van der Waals surface area contributed by atoms with Crippen molar-refractivity contribution >= 4 is 28.4 Å². The fourth-order valence-electron chi connectivity index (χ4n) is 2.74. The smallest absolute Gasteiger partial charge is 0.422 e. The first-order valence-electron chi connectivity index (χ1n) is 8.20. The average molecular weight is 376 g/mol. The van der Waals surface area contributed by atoms with Crippen molar-refractivity contribution in [1.29, 1.82) is 0 Å². The zero-order valence-electron chi connectivity index (χ0n) is 14.2. The standard InChI is InChI=1S/C20H12N2O6/c23-19(17-9-10-18(27-17)22(25)26)21-14-7-5-12(6-8-14)15-11-13-3-1-2-4-16(13)28-20(15)24/h1-11H,(H,21,23). The molecular weight excluding hydrogens is 364 g/mol. The van der Waals surface area contributed by atoms with Crippen molar-refractivity contribution in [3.63, 3.8) is 0 Å². The number of carbonyl (C=O) groups is 1.